The number of amides is 1. The summed E-state index contributed by atoms with van der Waals surface area (Å²) >= 11 is 0. The first-order chi connectivity index (χ1) is 9.19. The lowest BCUT2D eigenvalue weighted by Gasteiger charge is -2.08. The maximum absolute atomic E-state index is 11.4. The second kappa shape index (κ2) is 6.02. The molecule has 0 aromatic heterocycles. The van der Waals surface area contributed by atoms with E-state index >= 15 is 0 Å². The van der Waals surface area contributed by atoms with Crippen molar-refractivity contribution in [2.24, 2.45) is 5.84 Å². The topological polar surface area (TPSA) is 64.3 Å². The standard InChI is InChI=1S/C15H16N2O2/c1-11-4-2-7-14(8-11)19-10-12-5-3-6-13(9-12)15(18)17-16/h2-9H,10,16H2,1H3,(H,17,18). The molecular weight excluding hydrogens is 240 g/mol. The van der Waals surface area contributed by atoms with Crippen molar-refractivity contribution in [2.75, 3.05) is 0 Å². The molecule has 3 N–H and O–H groups in total. The smallest absolute Gasteiger partial charge is 0.265 e. The monoisotopic (exact) mass is 256 g/mol. The summed E-state index contributed by atoms with van der Waals surface area (Å²) < 4.78 is 5.68. The average molecular weight is 256 g/mol. The van der Waals surface area contributed by atoms with Gasteiger partial charge in [-0.3, -0.25) is 10.2 Å². The van der Waals surface area contributed by atoms with Crippen molar-refractivity contribution in [1.29, 1.82) is 0 Å². The molecule has 0 aliphatic heterocycles. The second-order valence-corrected chi connectivity index (χ2v) is 4.28. The van der Waals surface area contributed by atoms with Crippen LogP contribution in [0, 0.1) is 6.92 Å². The summed E-state index contributed by atoms with van der Waals surface area (Å²) in [5.74, 6) is 5.61. The van der Waals surface area contributed by atoms with Gasteiger partial charge in [0.15, 0.2) is 0 Å². The van der Waals surface area contributed by atoms with Crippen molar-refractivity contribution in [3.8, 4) is 5.75 Å². The van der Waals surface area contributed by atoms with Crippen LogP contribution in [0.2, 0.25) is 0 Å². The van der Waals surface area contributed by atoms with Gasteiger partial charge in [0.2, 0.25) is 0 Å². The van der Waals surface area contributed by atoms with Crippen molar-refractivity contribution in [3.05, 3.63) is 65.2 Å². The van der Waals surface area contributed by atoms with E-state index in [4.69, 9.17) is 10.6 Å². The normalized spacial score (nSPS) is 10.0. The van der Waals surface area contributed by atoms with Crippen LogP contribution < -0.4 is 16.0 Å². The maximum Gasteiger partial charge on any atom is 0.265 e. The summed E-state index contributed by atoms with van der Waals surface area (Å²) in [4.78, 5) is 11.4. The van der Waals surface area contributed by atoms with Crippen LogP contribution in [-0.2, 0) is 6.61 Å². The van der Waals surface area contributed by atoms with Crippen LogP contribution in [0.5, 0.6) is 5.75 Å². The molecule has 0 heterocycles. The van der Waals surface area contributed by atoms with Crippen LogP contribution in [0.1, 0.15) is 21.5 Å². The van der Waals surface area contributed by atoms with Gasteiger partial charge in [-0.25, -0.2) is 5.84 Å². The van der Waals surface area contributed by atoms with Gasteiger partial charge >= 0.3 is 0 Å². The molecule has 0 saturated heterocycles. The largest absolute Gasteiger partial charge is 0.489 e. The Morgan fingerprint density at radius 2 is 2.00 bits per heavy atom. The summed E-state index contributed by atoms with van der Waals surface area (Å²) in [7, 11) is 0. The fraction of sp³-hybridized carbons (Fsp3) is 0.133. The van der Waals surface area contributed by atoms with Gasteiger partial charge < -0.3 is 4.74 Å². The Hall–Kier alpha value is -2.33. The Labute approximate surface area is 112 Å². The molecule has 0 aliphatic rings. The summed E-state index contributed by atoms with van der Waals surface area (Å²) in [6, 6.07) is 15.0. The van der Waals surface area contributed by atoms with Gasteiger partial charge in [-0.2, -0.15) is 0 Å². The molecule has 0 spiro atoms. The minimum Gasteiger partial charge on any atom is -0.489 e. The third-order valence-corrected chi connectivity index (χ3v) is 2.72. The molecule has 0 saturated carbocycles. The van der Waals surface area contributed by atoms with Gasteiger partial charge in [-0.15, -0.1) is 0 Å². The van der Waals surface area contributed by atoms with E-state index in [1.807, 2.05) is 37.3 Å². The van der Waals surface area contributed by atoms with Crippen molar-refractivity contribution in [3.63, 3.8) is 0 Å². The number of carbonyl (C=O) groups is 1. The first-order valence-corrected chi connectivity index (χ1v) is 5.98. The lowest BCUT2D eigenvalue weighted by Crippen LogP contribution is -2.30. The zero-order valence-electron chi connectivity index (χ0n) is 10.7. The molecule has 4 heteroatoms. The molecule has 0 radical (unpaired) electrons. The Bertz CT molecular complexity index is 582. The molecular formula is C15H16N2O2. The molecule has 2 aromatic carbocycles. The van der Waals surface area contributed by atoms with E-state index in [9.17, 15) is 4.79 Å². The SMILES string of the molecule is Cc1cccc(OCc2cccc(C(=O)NN)c2)c1. The van der Waals surface area contributed by atoms with E-state index in [0.29, 0.717) is 12.2 Å². The number of benzene rings is 2. The van der Waals surface area contributed by atoms with E-state index in [1.54, 1.807) is 18.2 Å². The van der Waals surface area contributed by atoms with Crippen LogP contribution in [-0.4, -0.2) is 5.91 Å². The van der Waals surface area contributed by atoms with Crippen LogP contribution >= 0.6 is 0 Å². The molecule has 1 amide bonds. The minimum atomic E-state index is -0.308. The first kappa shape index (κ1) is 13.1. The van der Waals surface area contributed by atoms with E-state index < -0.39 is 0 Å². The lowest BCUT2D eigenvalue weighted by molar-refractivity contribution is 0.0953. The van der Waals surface area contributed by atoms with Crippen LogP contribution in [0.25, 0.3) is 0 Å². The van der Waals surface area contributed by atoms with Crippen molar-refractivity contribution >= 4 is 5.91 Å². The second-order valence-electron chi connectivity index (χ2n) is 4.28. The molecule has 0 atom stereocenters. The molecule has 0 fully saturated rings. The van der Waals surface area contributed by atoms with Crippen molar-refractivity contribution in [1.82, 2.24) is 5.43 Å². The quantitative estimate of drug-likeness (QED) is 0.500. The van der Waals surface area contributed by atoms with E-state index in [2.05, 4.69) is 5.43 Å². The summed E-state index contributed by atoms with van der Waals surface area (Å²) in [6.45, 7) is 2.42. The lowest BCUT2D eigenvalue weighted by atomic mass is 10.1. The van der Waals surface area contributed by atoms with E-state index in [-0.39, 0.29) is 5.91 Å². The molecule has 98 valence electrons. The number of hydrazine groups is 1. The average Bonchev–Trinajstić information content (AvgIpc) is 2.45. The number of nitrogens with one attached hydrogen (secondary N) is 1. The summed E-state index contributed by atoms with van der Waals surface area (Å²) in [5.41, 5.74) is 4.70. The van der Waals surface area contributed by atoms with Gasteiger partial charge in [-0.1, -0.05) is 24.3 Å². The Morgan fingerprint density at radius 1 is 1.21 bits per heavy atom. The van der Waals surface area contributed by atoms with Crippen LogP contribution in [0.3, 0.4) is 0 Å². The predicted molar refractivity (Wildman–Crippen MR) is 73.6 cm³/mol. The van der Waals surface area contributed by atoms with Gasteiger partial charge in [-0.05, 0) is 42.3 Å². The third kappa shape index (κ3) is 3.56. The number of carbonyl (C=O) groups excluding carboxylic acids is 1. The number of rotatable bonds is 4. The zero-order valence-corrected chi connectivity index (χ0v) is 10.7. The van der Waals surface area contributed by atoms with E-state index in [0.717, 1.165) is 16.9 Å². The van der Waals surface area contributed by atoms with Crippen LogP contribution in [0.4, 0.5) is 0 Å². The minimum absolute atomic E-state index is 0.308. The highest BCUT2D eigenvalue weighted by molar-refractivity contribution is 5.93. The maximum atomic E-state index is 11.4. The molecule has 19 heavy (non-hydrogen) atoms. The number of hydrogen-bond donors (Lipinski definition) is 2. The Morgan fingerprint density at radius 3 is 2.74 bits per heavy atom. The Kier molecular flexibility index (Phi) is 4.15. The fourth-order valence-corrected chi connectivity index (χ4v) is 1.76. The number of aryl methyl sites for hydroxylation is 1. The number of hydrogen-bond acceptors (Lipinski definition) is 3. The summed E-state index contributed by atoms with van der Waals surface area (Å²) in [6.07, 6.45) is 0. The number of nitrogen functional groups attached to an aromatic ring is 1. The van der Waals surface area contributed by atoms with E-state index in [1.165, 1.54) is 0 Å². The van der Waals surface area contributed by atoms with Gasteiger partial charge in [0.1, 0.15) is 12.4 Å². The number of nitrogens with two attached hydrogens (primary N) is 1. The van der Waals surface area contributed by atoms with Crippen molar-refractivity contribution < 1.29 is 9.53 Å². The molecule has 0 aliphatic carbocycles. The Balaban J connectivity index is 2.05. The van der Waals surface area contributed by atoms with Crippen molar-refractivity contribution in [2.45, 2.75) is 13.5 Å². The molecule has 0 bridgehead atoms. The van der Waals surface area contributed by atoms with Gasteiger partial charge in [0, 0.05) is 5.56 Å². The molecule has 2 rings (SSSR count). The highest BCUT2D eigenvalue weighted by Gasteiger charge is 2.04. The number of ether oxygens (including phenoxy) is 1. The summed E-state index contributed by atoms with van der Waals surface area (Å²) in [5, 5.41) is 0. The molecule has 4 nitrogen and oxygen atoms in total. The highest BCUT2D eigenvalue weighted by atomic mass is 16.5. The third-order valence-electron chi connectivity index (χ3n) is 2.72. The molecule has 0 unspecified atom stereocenters. The highest BCUT2D eigenvalue weighted by Crippen LogP contribution is 2.15. The van der Waals surface area contributed by atoms with Gasteiger partial charge in [0.05, 0.1) is 0 Å². The zero-order chi connectivity index (χ0) is 13.7. The fourth-order valence-electron chi connectivity index (χ4n) is 1.76. The van der Waals surface area contributed by atoms with Gasteiger partial charge in [0.25, 0.3) is 5.91 Å². The van der Waals surface area contributed by atoms with Crippen LogP contribution in [0.15, 0.2) is 48.5 Å². The first-order valence-electron chi connectivity index (χ1n) is 5.98. The predicted octanol–water partition coefficient (Wildman–Crippen LogP) is 2.18. The molecule has 2 aromatic rings.